The van der Waals surface area contributed by atoms with Gasteiger partial charge in [-0.1, -0.05) is 12.1 Å². The Hall–Kier alpha value is -2.40. The third-order valence-electron chi connectivity index (χ3n) is 3.32. The zero-order chi connectivity index (χ0) is 14.7. The first-order valence-electron chi connectivity index (χ1n) is 6.82. The quantitative estimate of drug-likeness (QED) is 0.804. The number of hydrogen-bond acceptors (Lipinski definition) is 5. The van der Waals surface area contributed by atoms with Gasteiger partial charge in [-0.3, -0.25) is 0 Å². The Bertz CT molecular complexity index is 642. The molecular weight excluding hydrogens is 270 g/mol. The van der Waals surface area contributed by atoms with Crippen LogP contribution in [0.3, 0.4) is 0 Å². The predicted molar refractivity (Wildman–Crippen MR) is 77.7 cm³/mol. The lowest BCUT2D eigenvalue weighted by atomic mass is 10.1. The lowest BCUT2D eigenvalue weighted by Crippen LogP contribution is -2.16. The molecule has 110 valence electrons. The number of ether oxygens (including phenoxy) is 2. The van der Waals surface area contributed by atoms with Crippen LogP contribution >= 0.6 is 0 Å². The number of rotatable bonds is 4. The van der Waals surface area contributed by atoms with E-state index in [1.807, 2.05) is 18.2 Å². The fraction of sp³-hybridized carbons (Fsp3) is 0.250. The second kappa shape index (κ2) is 5.93. The van der Waals surface area contributed by atoms with Crippen molar-refractivity contribution < 1.29 is 19.7 Å². The maximum Gasteiger partial charge on any atom is 0.161 e. The third kappa shape index (κ3) is 3.20. The standard InChI is InChI=1S/C16H17NO4/c18-13-3-2-12(14(19)8-13)10-17-9-11-1-4-15-16(7-11)21-6-5-20-15/h1-4,7-8,17-19H,5-6,9-10H2. The molecule has 0 atom stereocenters. The summed E-state index contributed by atoms with van der Waals surface area (Å²) in [5.41, 5.74) is 1.82. The summed E-state index contributed by atoms with van der Waals surface area (Å²) in [6, 6.07) is 10.4. The minimum Gasteiger partial charge on any atom is -0.508 e. The molecule has 0 saturated carbocycles. The van der Waals surface area contributed by atoms with Crippen molar-refractivity contribution in [3.8, 4) is 23.0 Å². The van der Waals surface area contributed by atoms with Gasteiger partial charge in [-0.15, -0.1) is 0 Å². The van der Waals surface area contributed by atoms with Crippen LogP contribution in [0.5, 0.6) is 23.0 Å². The van der Waals surface area contributed by atoms with Crippen LogP contribution in [0.25, 0.3) is 0 Å². The van der Waals surface area contributed by atoms with Crippen LogP contribution in [-0.4, -0.2) is 23.4 Å². The van der Waals surface area contributed by atoms with Crippen molar-refractivity contribution >= 4 is 0 Å². The molecule has 1 heterocycles. The summed E-state index contributed by atoms with van der Waals surface area (Å²) < 4.78 is 11.0. The van der Waals surface area contributed by atoms with Gasteiger partial charge in [0.15, 0.2) is 11.5 Å². The van der Waals surface area contributed by atoms with E-state index in [1.165, 1.54) is 6.07 Å². The van der Waals surface area contributed by atoms with Gasteiger partial charge in [0.1, 0.15) is 24.7 Å². The minimum absolute atomic E-state index is 0.0584. The summed E-state index contributed by atoms with van der Waals surface area (Å²) in [6.45, 7) is 2.33. The molecule has 0 aromatic heterocycles. The normalized spacial score (nSPS) is 13.1. The summed E-state index contributed by atoms with van der Waals surface area (Å²) >= 11 is 0. The van der Waals surface area contributed by atoms with Crippen molar-refractivity contribution in [3.63, 3.8) is 0 Å². The first-order valence-corrected chi connectivity index (χ1v) is 6.82. The van der Waals surface area contributed by atoms with Crippen molar-refractivity contribution in [2.45, 2.75) is 13.1 Å². The van der Waals surface area contributed by atoms with Crippen LogP contribution in [0.1, 0.15) is 11.1 Å². The van der Waals surface area contributed by atoms with Crippen molar-refractivity contribution in [1.29, 1.82) is 0 Å². The van der Waals surface area contributed by atoms with E-state index in [-0.39, 0.29) is 11.5 Å². The number of hydrogen-bond donors (Lipinski definition) is 3. The molecule has 0 amide bonds. The van der Waals surface area contributed by atoms with Gasteiger partial charge in [0, 0.05) is 24.7 Å². The van der Waals surface area contributed by atoms with Crippen LogP contribution in [0.2, 0.25) is 0 Å². The summed E-state index contributed by atoms with van der Waals surface area (Å²) in [5.74, 6) is 1.70. The lowest BCUT2D eigenvalue weighted by molar-refractivity contribution is 0.171. The number of phenols is 2. The molecule has 5 nitrogen and oxygen atoms in total. The van der Waals surface area contributed by atoms with Crippen molar-refractivity contribution in [3.05, 3.63) is 47.5 Å². The Kier molecular flexibility index (Phi) is 3.83. The summed E-state index contributed by atoms with van der Waals surface area (Å²) in [4.78, 5) is 0. The molecule has 0 spiro atoms. The minimum atomic E-state index is 0.0584. The van der Waals surface area contributed by atoms with Crippen LogP contribution in [0.4, 0.5) is 0 Å². The second-order valence-corrected chi connectivity index (χ2v) is 4.89. The van der Waals surface area contributed by atoms with E-state index in [9.17, 15) is 10.2 Å². The fourth-order valence-electron chi connectivity index (χ4n) is 2.24. The van der Waals surface area contributed by atoms with Gasteiger partial charge in [-0.2, -0.15) is 0 Å². The zero-order valence-corrected chi connectivity index (χ0v) is 11.5. The van der Waals surface area contributed by atoms with Gasteiger partial charge >= 0.3 is 0 Å². The lowest BCUT2D eigenvalue weighted by Gasteiger charge is -2.19. The molecule has 3 rings (SSSR count). The van der Waals surface area contributed by atoms with Crippen LogP contribution in [-0.2, 0) is 13.1 Å². The molecule has 0 fully saturated rings. The SMILES string of the molecule is Oc1ccc(CNCc2ccc3c(c2)OCCO3)c(O)c1. The molecule has 2 aromatic rings. The average molecular weight is 287 g/mol. The Morgan fingerprint density at radius 2 is 1.71 bits per heavy atom. The molecule has 21 heavy (non-hydrogen) atoms. The van der Waals surface area contributed by atoms with Crippen molar-refractivity contribution in [2.75, 3.05) is 13.2 Å². The van der Waals surface area contributed by atoms with E-state index >= 15 is 0 Å². The summed E-state index contributed by atoms with van der Waals surface area (Å²) in [7, 11) is 0. The summed E-state index contributed by atoms with van der Waals surface area (Å²) in [5, 5.41) is 22.2. The summed E-state index contributed by atoms with van der Waals surface area (Å²) in [6.07, 6.45) is 0. The highest BCUT2D eigenvalue weighted by Gasteiger charge is 2.11. The van der Waals surface area contributed by atoms with E-state index in [4.69, 9.17) is 9.47 Å². The van der Waals surface area contributed by atoms with Gasteiger partial charge in [0.05, 0.1) is 0 Å². The maximum absolute atomic E-state index is 9.71. The third-order valence-corrected chi connectivity index (χ3v) is 3.32. The Balaban J connectivity index is 1.60. The van der Waals surface area contributed by atoms with Crippen LogP contribution in [0.15, 0.2) is 36.4 Å². The highest BCUT2D eigenvalue weighted by atomic mass is 16.6. The van der Waals surface area contributed by atoms with Crippen LogP contribution < -0.4 is 14.8 Å². The molecule has 5 heteroatoms. The van der Waals surface area contributed by atoms with Gasteiger partial charge < -0.3 is 25.0 Å². The first-order chi connectivity index (χ1) is 10.2. The number of nitrogens with one attached hydrogen (secondary N) is 1. The fourth-order valence-corrected chi connectivity index (χ4v) is 2.24. The molecule has 1 aliphatic heterocycles. The number of fused-ring (bicyclic) bond motifs is 1. The number of aromatic hydroxyl groups is 2. The van der Waals surface area contributed by atoms with Gasteiger partial charge in [0.25, 0.3) is 0 Å². The monoisotopic (exact) mass is 287 g/mol. The molecule has 0 radical (unpaired) electrons. The van der Waals surface area contributed by atoms with Crippen LogP contribution in [0, 0.1) is 0 Å². The van der Waals surface area contributed by atoms with Gasteiger partial charge in [-0.25, -0.2) is 0 Å². The average Bonchev–Trinajstić information content (AvgIpc) is 2.49. The van der Waals surface area contributed by atoms with Gasteiger partial charge in [-0.05, 0) is 23.8 Å². The molecule has 0 unspecified atom stereocenters. The largest absolute Gasteiger partial charge is 0.508 e. The molecule has 1 aliphatic rings. The first kappa shape index (κ1) is 13.6. The maximum atomic E-state index is 9.71. The zero-order valence-electron chi connectivity index (χ0n) is 11.5. The van der Waals surface area contributed by atoms with E-state index in [0.29, 0.717) is 26.3 Å². The highest BCUT2D eigenvalue weighted by Crippen LogP contribution is 2.30. The number of phenolic OH excluding ortho intramolecular Hbond substituents is 2. The second-order valence-electron chi connectivity index (χ2n) is 4.89. The Labute approximate surface area is 122 Å². The smallest absolute Gasteiger partial charge is 0.161 e. The topological polar surface area (TPSA) is 71.0 Å². The van der Waals surface area contributed by atoms with Crippen molar-refractivity contribution in [2.24, 2.45) is 0 Å². The molecule has 2 aromatic carbocycles. The Morgan fingerprint density at radius 3 is 2.52 bits per heavy atom. The number of benzene rings is 2. The van der Waals surface area contributed by atoms with E-state index < -0.39 is 0 Å². The van der Waals surface area contributed by atoms with E-state index in [2.05, 4.69) is 5.32 Å². The molecule has 0 saturated heterocycles. The molecule has 3 N–H and O–H groups in total. The molecular formula is C16H17NO4. The van der Waals surface area contributed by atoms with E-state index in [1.54, 1.807) is 12.1 Å². The van der Waals surface area contributed by atoms with Crippen molar-refractivity contribution in [1.82, 2.24) is 5.32 Å². The molecule has 0 aliphatic carbocycles. The predicted octanol–water partition coefficient (Wildman–Crippen LogP) is 2.16. The molecule has 0 bridgehead atoms. The Morgan fingerprint density at radius 1 is 0.905 bits per heavy atom. The van der Waals surface area contributed by atoms with Gasteiger partial charge in [0.2, 0.25) is 0 Å². The highest BCUT2D eigenvalue weighted by molar-refractivity contribution is 5.44. The van der Waals surface area contributed by atoms with E-state index in [0.717, 1.165) is 22.6 Å².